The van der Waals surface area contributed by atoms with Gasteiger partial charge in [0.2, 0.25) is 0 Å². The number of fused-ring (bicyclic) bond motifs is 1. The Morgan fingerprint density at radius 2 is 1.57 bits per heavy atom. The van der Waals surface area contributed by atoms with Crippen LogP contribution in [0.15, 0.2) is 54.6 Å². The van der Waals surface area contributed by atoms with E-state index in [1.54, 1.807) is 24.3 Å². The van der Waals surface area contributed by atoms with Crippen LogP contribution in [0, 0.1) is 0 Å². The molecule has 7 heteroatoms. The van der Waals surface area contributed by atoms with Crippen molar-refractivity contribution in [2.45, 2.75) is 25.7 Å². The SMILES string of the molecule is C[C@H](CNC(=O)COC(=O)CCCN1C(=O)c2ccccc2C1=O)c1ccccc1. The molecule has 0 spiro atoms. The summed E-state index contributed by atoms with van der Waals surface area (Å²) < 4.78 is 4.98. The molecule has 1 atom stereocenters. The standard InChI is InChI=1S/C23H24N2O5/c1-16(17-8-3-2-4-9-17)14-24-20(26)15-30-21(27)12-7-13-25-22(28)18-10-5-6-11-19(18)23(25)29/h2-6,8-11,16H,7,12-15H2,1H3,(H,24,26)/t16-/m1/s1. The maximum absolute atomic E-state index is 12.3. The van der Waals surface area contributed by atoms with Gasteiger partial charge in [-0.05, 0) is 30.0 Å². The molecule has 0 aromatic heterocycles. The van der Waals surface area contributed by atoms with Crippen LogP contribution >= 0.6 is 0 Å². The molecule has 0 saturated carbocycles. The number of carbonyl (C=O) groups excluding carboxylic acids is 4. The quantitative estimate of drug-likeness (QED) is 0.508. The van der Waals surface area contributed by atoms with E-state index in [0.29, 0.717) is 17.7 Å². The minimum Gasteiger partial charge on any atom is -0.456 e. The first-order valence-electron chi connectivity index (χ1n) is 9.90. The number of benzene rings is 2. The summed E-state index contributed by atoms with van der Waals surface area (Å²) in [4.78, 5) is 49.4. The van der Waals surface area contributed by atoms with Gasteiger partial charge in [-0.2, -0.15) is 0 Å². The minimum atomic E-state index is -0.544. The van der Waals surface area contributed by atoms with E-state index >= 15 is 0 Å². The monoisotopic (exact) mass is 408 g/mol. The number of nitrogens with one attached hydrogen (secondary N) is 1. The van der Waals surface area contributed by atoms with Gasteiger partial charge < -0.3 is 10.1 Å². The number of amides is 3. The summed E-state index contributed by atoms with van der Waals surface area (Å²) in [6.07, 6.45) is 0.290. The van der Waals surface area contributed by atoms with Crippen molar-refractivity contribution in [3.8, 4) is 0 Å². The van der Waals surface area contributed by atoms with Crippen LogP contribution in [0.3, 0.4) is 0 Å². The highest BCUT2D eigenvalue weighted by molar-refractivity contribution is 6.21. The highest BCUT2D eigenvalue weighted by Crippen LogP contribution is 2.22. The summed E-state index contributed by atoms with van der Waals surface area (Å²) in [6, 6.07) is 16.4. The van der Waals surface area contributed by atoms with Crippen LogP contribution in [-0.4, -0.2) is 48.3 Å². The Hall–Kier alpha value is -3.48. The van der Waals surface area contributed by atoms with E-state index in [4.69, 9.17) is 4.74 Å². The van der Waals surface area contributed by atoms with Crippen LogP contribution in [-0.2, 0) is 14.3 Å². The van der Waals surface area contributed by atoms with Crippen molar-refractivity contribution in [2.75, 3.05) is 19.7 Å². The molecule has 1 N–H and O–H groups in total. The van der Waals surface area contributed by atoms with Crippen molar-refractivity contribution in [3.05, 3.63) is 71.3 Å². The van der Waals surface area contributed by atoms with Gasteiger partial charge in [0, 0.05) is 19.5 Å². The molecule has 7 nitrogen and oxygen atoms in total. The molecular formula is C23H24N2O5. The molecule has 1 heterocycles. The highest BCUT2D eigenvalue weighted by atomic mass is 16.5. The van der Waals surface area contributed by atoms with Crippen molar-refractivity contribution in [2.24, 2.45) is 0 Å². The van der Waals surface area contributed by atoms with Crippen molar-refractivity contribution < 1.29 is 23.9 Å². The number of rotatable bonds is 9. The number of esters is 1. The van der Waals surface area contributed by atoms with Gasteiger partial charge in [0.05, 0.1) is 11.1 Å². The summed E-state index contributed by atoms with van der Waals surface area (Å²) >= 11 is 0. The summed E-state index contributed by atoms with van der Waals surface area (Å²) in [6.45, 7) is 2.22. The number of imide groups is 1. The predicted octanol–water partition coefficient (Wildman–Crippen LogP) is 2.53. The van der Waals surface area contributed by atoms with Crippen molar-refractivity contribution in [3.63, 3.8) is 0 Å². The summed E-state index contributed by atoms with van der Waals surface area (Å²) in [7, 11) is 0. The van der Waals surface area contributed by atoms with E-state index < -0.39 is 5.97 Å². The smallest absolute Gasteiger partial charge is 0.306 e. The molecule has 0 bridgehead atoms. The first kappa shape index (κ1) is 21.2. The molecule has 0 fully saturated rings. The van der Waals surface area contributed by atoms with Crippen LogP contribution in [0.2, 0.25) is 0 Å². The fraction of sp³-hybridized carbons (Fsp3) is 0.304. The van der Waals surface area contributed by atoms with Gasteiger partial charge in [0.1, 0.15) is 0 Å². The van der Waals surface area contributed by atoms with Crippen LogP contribution in [0.4, 0.5) is 0 Å². The van der Waals surface area contributed by atoms with Crippen LogP contribution in [0.25, 0.3) is 0 Å². The Labute approximate surface area is 175 Å². The Bertz CT molecular complexity index is 907. The van der Waals surface area contributed by atoms with Crippen molar-refractivity contribution in [1.82, 2.24) is 10.2 Å². The van der Waals surface area contributed by atoms with Crippen molar-refractivity contribution >= 4 is 23.7 Å². The molecule has 3 rings (SSSR count). The maximum Gasteiger partial charge on any atom is 0.306 e. The largest absolute Gasteiger partial charge is 0.456 e. The molecular weight excluding hydrogens is 384 g/mol. The number of nitrogens with zero attached hydrogens (tertiary/aromatic N) is 1. The lowest BCUT2D eigenvalue weighted by Gasteiger charge is -2.14. The lowest BCUT2D eigenvalue weighted by molar-refractivity contribution is -0.148. The second-order valence-electron chi connectivity index (χ2n) is 7.19. The van der Waals surface area contributed by atoms with Gasteiger partial charge in [-0.3, -0.25) is 24.1 Å². The Morgan fingerprint density at radius 1 is 0.967 bits per heavy atom. The zero-order chi connectivity index (χ0) is 21.5. The third-order valence-electron chi connectivity index (χ3n) is 4.98. The average molecular weight is 408 g/mol. The Balaban J connectivity index is 1.34. The third-order valence-corrected chi connectivity index (χ3v) is 4.98. The highest BCUT2D eigenvalue weighted by Gasteiger charge is 2.34. The normalized spacial score (nSPS) is 13.7. The molecule has 0 aliphatic carbocycles. The third kappa shape index (κ3) is 5.11. The first-order valence-corrected chi connectivity index (χ1v) is 9.90. The Morgan fingerprint density at radius 3 is 2.20 bits per heavy atom. The average Bonchev–Trinajstić information content (AvgIpc) is 3.01. The van der Waals surface area contributed by atoms with E-state index in [9.17, 15) is 19.2 Å². The molecule has 2 aromatic carbocycles. The zero-order valence-electron chi connectivity index (χ0n) is 16.8. The summed E-state index contributed by atoms with van der Waals surface area (Å²) in [5.41, 5.74) is 1.88. The fourth-order valence-electron chi connectivity index (χ4n) is 3.26. The lowest BCUT2D eigenvalue weighted by atomic mass is 10.0. The first-order chi connectivity index (χ1) is 14.5. The van der Waals surface area contributed by atoms with Gasteiger partial charge in [0.15, 0.2) is 6.61 Å². The number of hydrogen-bond donors (Lipinski definition) is 1. The second kappa shape index (κ2) is 9.82. The molecule has 2 aromatic rings. The predicted molar refractivity (Wildman–Crippen MR) is 110 cm³/mol. The van der Waals surface area contributed by atoms with Crippen molar-refractivity contribution in [1.29, 1.82) is 0 Å². The van der Waals surface area contributed by atoms with Gasteiger partial charge in [-0.1, -0.05) is 49.4 Å². The summed E-state index contributed by atoms with van der Waals surface area (Å²) in [5, 5.41) is 2.75. The number of hydrogen-bond acceptors (Lipinski definition) is 5. The van der Waals surface area contributed by atoms with Crippen LogP contribution in [0.5, 0.6) is 0 Å². The maximum atomic E-state index is 12.3. The molecule has 1 aliphatic heterocycles. The van der Waals surface area contributed by atoms with Crippen LogP contribution in [0.1, 0.15) is 52.0 Å². The number of carbonyl (C=O) groups is 4. The van der Waals surface area contributed by atoms with E-state index in [-0.39, 0.29) is 49.6 Å². The molecule has 30 heavy (non-hydrogen) atoms. The minimum absolute atomic E-state index is 0.0150. The molecule has 0 saturated heterocycles. The van der Waals surface area contributed by atoms with E-state index in [0.717, 1.165) is 10.5 Å². The van der Waals surface area contributed by atoms with E-state index in [1.165, 1.54) is 0 Å². The zero-order valence-corrected chi connectivity index (χ0v) is 16.8. The van der Waals surface area contributed by atoms with E-state index in [1.807, 2.05) is 37.3 Å². The van der Waals surface area contributed by atoms with Gasteiger partial charge in [0.25, 0.3) is 17.7 Å². The van der Waals surface area contributed by atoms with Crippen LogP contribution < -0.4 is 5.32 Å². The Kier molecular flexibility index (Phi) is 6.95. The molecule has 0 radical (unpaired) electrons. The number of ether oxygens (including phenoxy) is 1. The molecule has 3 amide bonds. The lowest BCUT2D eigenvalue weighted by Crippen LogP contribution is -2.32. The van der Waals surface area contributed by atoms with Gasteiger partial charge >= 0.3 is 5.97 Å². The van der Waals surface area contributed by atoms with E-state index in [2.05, 4.69) is 5.32 Å². The summed E-state index contributed by atoms with van der Waals surface area (Å²) in [5.74, 6) is -1.47. The topological polar surface area (TPSA) is 92.8 Å². The van der Waals surface area contributed by atoms with Gasteiger partial charge in [-0.15, -0.1) is 0 Å². The second-order valence-corrected chi connectivity index (χ2v) is 7.19. The molecule has 0 unspecified atom stereocenters. The molecule has 1 aliphatic rings. The van der Waals surface area contributed by atoms with Gasteiger partial charge in [-0.25, -0.2) is 0 Å². The molecule has 156 valence electrons. The fourth-order valence-corrected chi connectivity index (χ4v) is 3.26.